The Hall–Kier alpha value is -1.82. The molecule has 0 bridgehead atoms. The fraction of sp³-hybridized carbons (Fsp3) is 0.667. The van der Waals surface area contributed by atoms with Crippen LogP contribution in [-0.2, 0) is 9.59 Å². The molecule has 0 aliphatic heterocycles. The summed E-state index contributed by atoms with van der Waals surface area (Å²) in [7, 11) is 0. The molecule has 0 aromatic carbocycles. The number of rotatable bonds is 10. The van der Waals surface area contributed by atoms with Crippen LogP contribution >= 0.6 is 0 Å². The average Bonchev–Trinajstić information content (AvgIpc) is 3.08. The number of furan rings is 1. The molecule has 1 fully saturated rings. The van der Waals surface area contributed by atoms with Crippen LogP contribution in [0.2, 0.25) is 0 Å². The molecule has 0 radical (unpaired) electrons. The summed E-state index contributed by atoms with van der Waals surface area (Å²) in [6.45, 7) is 8.91. The minimum atomic E-state index is -0.0529. The number of nitrogens with zero attached hydrogens (tertiary/aromatic N) is 1. The van der Waals surface area contributed by atoms with Crippen LogP contribution in [0.5, 0.6) is 0 Å². The molecule has 1 aromatic rings. The van der Waals surface area contributed by atoms with Gasteiger partial charge in [0.05, 0.1) is 12.3 Å². The topological polar surface area (TPSA) is 74.6 Å². The van der Waals surface area contributed by atoms with Gasteiger partial charge < -0.3 is 15.1 Å². The zero-order valence-electron chi connectivity index (χ0n) is 14.9. The molecule has 0 unspecified atom stereocenters. The van der Waals surface area contributed by atoms with Gasteiger partial charge in [-0.3, -0.25) is 14.5 Å². The average molecular weight is 335 g/mol. The lowest BCUT2D eigenvalue weighted by Gasteiger charge is -2.28. The molecule has 6 nitrogen and oxygen atoms in total. The Labute approximate surface area is 144 Å². The maximum atomic E-state index is 12.0. The minimum Gasteiger partial charge on any atom is -0.468 e. The molecule has 6 heteroatoms. The number of hydrogen-bond acceptors (Lipinski definition) is 4. The molecule has 134 valence electrons. The van der Waals surface area contributed by atoms with E-state index in [9.17, 15) is 9.59 Å². The molecule has 1 aromatic heterocycles. The maximum absolute atomic E-state index is 12.0. The third-order valence-electron chi connectivity index (χ3n) is 4.71. The minimum absolute atomic E-state index is 0.0286. The highest BCUT2D eigenvalue weighted by atomic mass is 16.3. The van der Waals surface area contributed by atoms with E-state index in [2.05, 4.69) is 36.3 Å². The molecule has 24 heavy (non-hydrogen) atoms. The Morgan fingerprint density at radius 1 is 1.33 bits per heavy atom. The number of hydrogen-bond donors (Lipinski definition) is 2. The summed E-state index contributed by atoms with van der Waals surface area (Å²) in [5, 5.41) is 5.79. The molecule has 1 aliphatic carbocycles. The van der Waals surface area contributed by atoms with Gasteiger partial charge in [-0.25, -0.2) is 0 Å². The van der Waals surface area contributed by atoms with Crippen molar-refractivity contribution in [3.05, 3.63) is 24.2 Å². The second-order valence-electron chi connectivity index (χ2n) is 6.42. The molecular weight excluding hydrogens is 306 g/mol. The highest BCUT2D eigenvalue weighted by Gasteiger charge is 2.38. The fourth-order valence-electron chi connectivity index (χ4n) is 2.97. The Morgan fingerprint density at radius 3 is 2.58 bits per heavy atom. The quantitative estimate of drug-likeness (QED) is 0.685. The fourth-order valence-corrected chi connectivity index (χ4v) is 2.97. The SMILES string of the molecule is CCN(CC)[C@H](CNC(=O)CCNC(=O)[C@@H]1C[C@H]1C)c1ccco1. The summed E-state index contributed by atoms with van der Waals surface area (Å²) in [5.41, 5.74) is 0. The third-order valence-corrected chi connectivity index (χ3v) is 4.71. The first-order valence-corrected chi connectivity index (χ1v) is 8.88. The van der Waals surface area contributed by atoms with Gasteiger partial charge in [-0.05, 0) is 37.6 Å². The Morgan fingerprint density at radius 2 is 2.04 bits per heavy atom. The van der Waals surface area contributed by atoms with Crippen LogP contribution in [0, 0.1) is 11.8 Å². The molecule has 1 aliphatic rings. The zero-order chi connectivity index (χ0) is 17.5. The van der Waals surface area contributed by atoms with Crippen LogP contribution in [0.15, 0.2) is 22.8 Å². The van der Waals surface area contributed by atoms with Gasteiger partial charge in [0.1, 0.15) is 5.76 Å². The molecule has 2 amide bonds. The van der Waals surface area contributed by atoms with Crippen LogP contribution in [0.3, 0.4) is 0 Å². The summed E-state index contributed by atoms with van der Waals surface area (Å²) < 4.78 is 5.52. The third kappa shape index (κ3) is 5.09. The highest BCUT2D eigenvalue weighted by molar-refractivity contribution is 5.82. The van der Waals surface area contributed by atoms with Crippen LogP contribution in [0.25, 0.3) is 0 Å². The van der Waals surface area contributed by atoms with Crippen LogP contribution < -0.4 is 10.6 Å². The van der Waals surface area contributed by atoms with Crippen molar-refractivity contribution < 1.29 is 14.0 Å². The van der Waals surface area contributed by atoms with E-state index in [-0.39, 0.29) is 23.8 Å². The van der Waals surface area contributed by atoms with Gasteiger partial charge in [0.15, 0.2) is 0 Å². The van der Waals surface area contributed by atoms with E-state index in [0.717, 1.165) is 25.3 Å². The normalized spacial score (nSPS) is 20.7. The van der Waals surface area contributed by atoms with Crippen molar-refractivity contribution in [2.75, 3.05) is 26.2 Å². The number of likely N-dealkylation sites (N-methyl/N-ethyl adjacent to an activating group) is 1. The van der Waals surface area contributed by atoms with Crippen molar-refractivity contribution in [3.63, 3.8) is 0 Å². The van der Waals surface area contributed by atoms with Gasteiger partial charge in [0.2, 0.25) is 11.8 Å². The number of carbonyl (C=O) groups excluding carboxylic acids is 2. The predicted octanol–water partition coefficient (Wildman–Crippen LogP) is 1.94. The van der Waals surface area contributed by atoms with E-state index in [1.807, 2.05) is 12.1 Å². The summed E-state index contributed by atoms with van der Waals surface area (Å²) >= 11 is 0. The Kier molecular flexibility index (Phi) is 6.85. The summed E-state index contributed by atoms with van der Waals surface area (Å²) in [4.78, 5) is 26.0. The van der Waals surface area contributed by atoms with E-state index in [0.29, 0.717) is 25.4 Å². The zero-order valence-corrected chi connectivity index (χ0v) is 14.9. The number of amides is 2. The van der Waals surface area contributed by atoms with Gasteiger partial charge in [-0.15, -0.1) is 0 Å². The first-order chi connectivity index (χ1) is 11.6. The first kappa shape index (κ1) is 18.5. The molecule has 3 atom stereocenters. The number of nitrogens with one attached hydrogen (secondary N) is 2. The van der Waals surface area contributed by atoms with E-state index in [1.54, 1.807) is 6.26 Å². The van der Waals surface area contributed by atoms with E-state index in [4.69, 9.17) is 4.42 Å². The van der Waals surface area contributed by atoms with Crippen LogP contribution in [0.1, 0.15) is 45.4 Å². The predicted molar refractivity (Wildman–Crippen MR) is 92.3 cm³/mol. The molecule has 2 rings (SSSR count). The Balaban J connectivity index is 1.74. The van der Waals surface area contributed by atoms with Gasteiger partial charge >= 0.3 is 0 Å². The van der Waals surface area contributed by atoms with Crippen molar-refractivity contribution in [2.45, 2.75) is 39.7 Å². The van der Waals surface area contributed by atoms with E-state index < -0.39 is 0 Å². The number of carbonyl (C=O) groups is 2. The largest absolute Gasteiger partial charge is 0.468 e. The summed E-state index contributed by atoms with van der Waals surface area (Å²) in [6.07, 6.45) is 2.92. The van der Waals surface area contributed by atoms with Crippen molar-refractivity contribution in [1.29, 1.82) is 0 Å². The standard InChI is InChI=1S/C18H29N3O3/c1-4-21(5-2)15(16-7-6-10-24-16)12-20-17(22)8-9-19-18(23)14-11-13(14)3/h6-7,10,13-15H,4-5,8-9,11-12H2,1-3H3,(H,19,23)(H,20,22)/t13-,14-,15-/m1/s1. The Bertz CT molecular complexity index is 526. The molecule has 0 spiro atoms. The van der Waals surface area contributed by atoms with Gasteiger partial charge in [-0.1, -0.05) is 20.8 Å². The van der Waals surface area contributed by atoms with Crippen molar-refractivity contribution in [3.8, 4) is 0 Å². The molecule has 0 saturated heterocycles. The maximum Gasteiger partial charge on any atom is 0.223 e. The van der Waals surface area contributed by atoms with Crippen LogP contribution in [0.4, 0.5) is 0 Å². The van der Waals surface area contributed by atoms with Crippen molar-refractivity contribution >= 4 is 11.8 Å². The second kappa shape index (κ2) is 8.87. The summed E-state index contributed by atoms with van der Waals surface area (Å²) in [6, 6.07) is 3.83. The molecular formula is C18H29N3O3. The lowest BCUT2D eigenvalue weighted by atomic mass is 10.2. The van der Waals surface area contributed by atoms with E-state index in [1.165, 1.54) is 0 Å². The lowest BCUT2D eigenvalue weighted by Crippen LogP contribution is -2.39. The summed E-state index contributed by atoms with van der Waals surface area (Å²) in [5.74, 6) is 1.52. The monoisotopic (exact) mass is 335 g/mol. The van der Waals surface area contributed by atoms with E-state index >= 15 is 0 Å². The van der Waals surface area contributed by atoms with Crippen molar-refractivity contribution in [2.24, 2.45) is 11.8 Å². The van der Waals surface area contributed by atoms with Crippen molar-refractivity contribution in [1.82, 2.24) is 15.5 Å². The van der Waals surface area contributed by atoms with Gasteiger partial charge in [0.25, 0.3) is 0 Å². The molecule has 1 heterocycles. The highest BCUT2D eigenvalue weighted by Crippen LogP contribution is 2.37. The first-order valence-electron chi connectivity index (χ1n) is 8.88. The smallest absolute Gasteiger partial charge is 0.223 e. The van der Waals surface area contributed by atoms with Gasteiger partial charge in [-0.2, -0.15) is 0 Å². The molecule has 2 N–H and O–H groups in total. The molecule has 1 saturated carbocycles. The lowest BCUT2D eigenvalue weighted by molar-refractivity contribution is -0.123. The van der Waals surface area contributed by atoms with Gasteiger partial charge in [0, 0.05) is 25.4 Å². The second-order valence-corrected chi connectivity index (χ2v) is 6.42. The van der Waals surface area contributed by atoms with Crippen LogP contribution in [-0.4, -0.2) is 42.9 Å².